The van der Waals surface area contributed by atoms with Gasteiger partial charge in [-0.1, -0.05) is 36.7 Å². The monoisotopic (exact) mass is 613 g/mol. The van der Waals surface area contributed by atoms with E-state index in [0.717, 1.165) is 48.9 Å². The first-order chi connectivity index (χ1) is 20.0. The van der Waals surface area contributed by atoms with Gasteiger partial charge >= 0.3 is 0 Å². The number of halogens is 1. The van der Waals surface area contributed by atoms with Gasteiger partial charge in [0.25, 0.3) is 0 Å². The van der Waals surface area contributed by atoms with Crippen LogP contribution in [0.25, 0.3) is 0 Å². The van der Waals surface area contributed by atoms with Gasteiger partial charge in [0, 0.05) is 24.0 Å². The number of nitrogens with zero attached hydrogens (tertiary/aromatic N) is 2. The number of hydrogen-bond acceptors (Lipinski definition) is 7. The van der Waals surface area contributed by atoms with Crippen LogP contribution < -0.4 is 14.4 Å². The number of benzene rings is 2. The Morgan fingerprint density at radius 3 is 2.69 bits per heavy atom. The van der Waals surface area contributed by atoms with Crippen LogP contribution in [0, 0.1) is 29.1 Å². The highest BCUT2D eigenvalue weighted by atomic mass is 35.5. The van der Waals surface area contributed by atoms with E-state index in [1.54, 1.807) is 37.3 Å². The van der Waals surface area contributed by atoms with E-state index in [2.05, 4.69) is 15.7 Å². The normalized spacial score (nSPS) is 32.5. The van der Waals surface area contributed by atoms with Crippen molar-refractivity contribution in [1.82, 2.24) is 4.72 Å². The quantitative estimate of drug-likeness (QED) is 0.274. The lowest BCUT2D eigenvalue weighted by Gasteiger charge is -2.45. The Bertz CT molecular complexity index is 1470. The Balaban J connectivity index is 1.57. The molecule has 10 heteroatoms. The summed E-state index contributed by atoms with van der Waals surface area (Å²) in [6, 6.07) is 13.3. The fraction of sp³-hybridized carbons (Fsp3) is 0.531. The number of anilines is 1. The van der Waals surface area contributed by atoms with Crippen molar-refractivity contribution < 1.29 is 23.4 Å². The lowest BCUT2D eigenvalue weighted by Crippen LogP contribution is -2.49. The van der Waals surface area contributed by atoms with E-state index < -0.39 is 27.1 Å². The molecule has 0 spiro atoms. The van der Waals surface area contributed by atoms with E-state index >= 15 is 0 Å². The number of hydrogen-bond donors (Lipinski definition) is 3. The van der Waals surface area contributed by atoms with Gasteiger partial charge in [0.15, 0.2) is 5.60 Å². The minimum atomic E-state index is -3.90. The van der Waals surface area contributed by atoms with E-state index in [1.165, 1.54) is 0 Å². The molecule has 0 radical (unpaired) electrons. The Labute approximate surface area is 254 Å². The van der Waals surface area contributed by atoms with Crippen LogP contribution in [-0.2, 0) is 23.1 Å². The number of fused-ring (bicyclic) bond motifs is 3. The number of ether oxygens (including phenoxy) is 1. The standard InChI is InChI=1S/C32H40ClN3O5S/c1-21-6-5-14-32(38,20-34)28-12-9-25(28)18-36-15-4-3-7-23-16-27(33)11-8-26(23)19-41-30-13-10-24(17-29(30)36)31(37)35-42(39,40)22(21)2/h5,8,10-11,13-14,16-17,21-22,25,28,31,35,37-38H,3-4,6-7,9,12,15,18-19H2,1-2H3/b14-5+/t21-,22+,25-,28+,31?,32+/m0/s1. The molecule has 6 atom stereocenters. The highest BCUT2D eigenvalue weighted by molar-refractivity contribution is 7.90. The first-order valence-electron chi connectivity index (χ1n) is 14.8. The largest absolute Gasteiger partial charge is 0.487 e. The molecule has 0 aromatic heterocycles. The highest BCUT2D eigenvalue weighted by Gasteiger charge is 2.46. The zero-order valence-corrected chi connectivity index (χ0v) is 25.7. The van der Waals surface area contributed by atoms with Crippen molar-refractivity contribution in [2.45, 2.75) is 76.1 Å². The maximum atomic E-state index is 13.2. The van der Waals surface area contributed by atoms with Crippen molar-refractivity contribution in [3.05, 3.63) is 70.3 Å². The molecule has 3 N–H and O–H groups in total. The number of aryl methyl sites for hydroxylation is 1. The minimum Gasteiger partial charge on any atom is -0.487 e. The Morgan fingerprint density at radius 1 is 1.14 bits per heavy atom. The Morgan fingerprint density at radius 2 is 1.95 bits per heavy atom. The van der Waals surface area contributed by atoms with Gasteiger partial charge in [0.05, 0.1) is 10.9 Å². The van der Waals surface area contributed by atoms with Gasteiger partial charge in [0.1, 0.15) is 24.7 Å². The third kappa shape index (κ3) is 6.48. The summed E-state index contributed by atoms with van der Waals surface area (Å²) >= 11 is 6.30. The molecule has 8 nitrogen and oxygen atoms in total. The third-order valence-corrected chi connectivity index (χ3v) is 11.6. The summed E-state index contributed by atoms with van der Waals surface area (Å²) in [5.41, 5.74) is 1.74. The van der Waals surface area contributed by atoms with E-state index in [4.69, 9.17) is 16.3 Å². The topological polar surface area (TPSA) is 123 Å². The lowest BCUT2D eigenvalue weighted by molar-refractivity contribution is -0.00437. The third-order valence-electron chi connectivity index (χ3n) is 9.38. The smallest absolute Gasteiger partial charge is 0.216 e. The number of rotatable bonds is 0. The molecule has 3 aliphatic rings. The summed E-state index contributed by atoms with van der Waals surface area (Å²) in [6.07, 6.45) is 6.50. The van der Waals surface area contributed by atoms with Gasteiger partial charge in [-0.2, -0.15) is 9.98 Å². The van der Waals surface area contributed by atoms with Crippen LogP contribution in [0.4, 0.5) is 5.69 Å². The maximum Gasteiger partial charge on any atom is 0.216 e. The molecule has 0 amide bonds. The van der Waals surface area contributed by atoms with Gasteiger partial charge in [0.2, 0.25) is 10.0 Å². The number of aliphatic hydroxyl groups is 2. The van der Waals surface area contributed by atoms with Crippen LogP contribution in [0.1, 0.15) is 68.9 Å². The van der Waals surface area contributed by atoms with Gasteiger partial charge in [-0.25, -0.2) is 8.42 Å². The van der Waals surface area contributed by atoms with Gasteiger partial charge in [-0.15, -0.1) is 0 Å². The second kappa shape index (κ2) is 12.6. The van der Waals surface area contributed by atoms with Crippen molar-refractivity contribution in [3.63, 3.8) is 0 Å². The maximum absolute atomic E-state index is 13.2. The molecule has 2 heterocycles. The molecule has 5 rings (SSSR count). The van der Waals surface area contributed by atoms with E-state index in [0.29, 0.717) is 42.5 Å². The number of aliphatic hydroxyl groups excluding tert-OH is 1. The van der Waals surface area contributed by atoms with Crippen molar-refractivity contribution >= 4 is 27.3 Å². The molecule has 2 aromatic rings. The summed E-state index contributed by atoms with van der Waals surface area (Å²) in [7, 11) is -3.90. The molecule has 1 fully saturated rings. The molecular formula is C32H40ClN3O5S. The molecule has 42 heavy (non-hydrogen) atoms. The lowest BCUT2D eigenvalue weighted by atomic mass is 9.64. The highest BCUT2D eigenvalue weighted by Crippen LogP contribution is 2.45. The Kier molecular flexibility index (Phi) is 9.22. The zero-order chi connectivity index (χ0) is 30.1. The van der Waals surface area contributed by atoms with Crippen LogP contribution in [0.15, 0.2) is 48.6 Å². The van der Waals surface area contributed by atoms with E-state index in [9.17, 15) is 23.9 Å². The summed E-state index contributed by atoms with van der Waals surface area (Å²) in [5.74, 6) is 0.135. The summed E-state index contributed by atoms with van der Waals surface area (Å²) in [5, 5.41) is 32.4. The Hall–Kier alpha value is -2.61. The molecule has 1 unspecified atom stereocenters. The van der Waals surface area contributed by atoms with Gasteiger partial charge in [-0.05, 0) is 104 Å². The summed E-state index contributed by atoms with van der Waals surface area (Å²) in [4.78, 5) is 2.21. The van der Waals surface area contributed by atoms with Crippen LogP contribution in [0.5, 0.6) is 5.75 Å². The molecule has 226 valence electrons. The minimum absolute atomic E-state index is 0.0737. The average Bonchev–Trinajstić information content (AvgIpc) is 2.97. The van der Waals surface area contributed by atoms with Crippen molar-refractivity contribution in [2.75, 3.05) is 18.0 Å². The SMILES string of the molecule is C[C@@H]1[C@@H](C)C/C=C/[C@@](O)(C#N)[C@@H]2CC[C@H]2CN2CCCCc3cc(Cl)ccc3COc3ccc(cc32)C(O)NS1(=O)=O. The molecule has 1 saturated carbocycles. The predicted molar refractivity (Wildman–Crippen MR) is 164 cm³/mol. The van der Waals surface area contributed by atoms with Crippen LogP contribution in [0.2, 0.25) is 5.02 Å². The molecular weight excluding hydrogens is 574 g/mol. The average molecular weight is 614 g/mol. The fourth-order valence-corrected chi connectivity index (χ4v) is 7.89. The summed E-state index contributed by atoms with van der Waals surface area (Å²) < 4.78 is 35.3. The van der Waals surface area contributed by atoms with Crippen molar-refractivity contribution in [1.29, 1.82) is 5.26 Å². The van der Waals surface area contributed by atoms with E-state index in [1.807, 2.05) is 25.1 Å². The van der Waals surface area contributed by atoms with Crippen LogP contribution >= 0.6 is 11.6 Å². The summed E-state index contributed by atoms with van der Waals surface area (Å²) in [6.45, 7) is 5.03. The van der Waals surface area contributed by atoms with Crippen molar-refractivity contribution in [2.24, 2.45) is 17.8 Å². The second-order valence-electron chi connectivity index (χ2n) is 12.1. The number of nitrogens with one attached hydrogen (secondary N) is 1. The molecule has 0 saturated heterocycles. The first kappa shape index (κ1) is 30.8. The molecule has 2 aliphatic heterocycles. The van der Waals surface area contributed by atoms with Gasteiger partial charge < -0.3 is 19.8 Å². The molecule has 2 bridgehead atoms. The molecule has 1 aliphatic carbocycles. The van der Waals surface area contributed by atoms with Crippen molar-refractivity contribution in [3.8, 4) is 11.8 Å². The van der Waals surface area contributed by atoms with Crippen LogP contribution in [0.3, 0.4) is 0 Å². The number of sulfonamides is 1. The number of nitriles is 1. The number of allylic oxidation sites excluding steroid dienone is 1. The van der Waals surface area contributed by atoms with Gasteiger partial charge in [-0.3, -0.25) is 0 Å². The molecule has 2 aromatic carbocycles. The second-order valence-corrected chi connectivity index (χ2v) is 14.6. The predicted octanol–water partition coefficient (Wildman–Crippen LogP) is 5.24. The fourth-order valence-electron chi connectivity index (χ4n) is 6.31. The van der Waals surface area contributed by atoms with Crippen LogP contribution in [-0.4, -0.2) is 42.6 Å². The van der Waals surface area contributed by atoms with E-state index in [-0.39, 0.29) is 17.8 Å². The first-order valence-corrected chi connectivity index (χ1v) is 16.7. The zero-order valence-electron chi connectivity index (χ0n) is 24.2.